The molecule has 0 spiro atoms. The standard InChI is InChI=1S/C11H16O/c1-8-5-4-6-11(7-8)9(2)10(3)12/h4-7,9-10,12H,1-3H3/t9-,10-/m1/s1. The molecule has 66 valence electrons. The van der Waals surface area contributed by atoms with E-state index in [1.807, 2.05) is 19.9 Å². The van der Waals surface area contributed by atoms with Gasteiger partial charge in [0.2, 0.25) is 0 Å². The first kappa shape index (κ1) is 9.27. The Morgan fingerprint density at radius 3 is 2.42 bits per heavy atom. The quantitative estimate of drug-likeness (QED) is 0.712. The summed E-state index contributed by atoms with van der Waals surface area (Å²) in [7, 11) is 0. The maximum absolute atomic E-state index is 9.37. The second-order valence-electron chi connectivity index (χ2n) is 3.44. The third-order valence-corrected chi connectivity index (χ3v) is 2.29. The fourth-order valence-electron chi connectivity index (χ4n) is 1.23. The second-order valence-corrected chi connectivity index (χ2v) is 3.44. The average molecular weight is 164 g/mol. The molecule has 0 aliphatic heterocycles. The van der Waals surface area contributed by atoms with E-state index in [0.717, 1.165) is 0 Å². The second kappa shape index (κ2) is 3.72. The highest BCUT2D eigenvalue weighted by Gasteiger charge is 2.10. The van der Waals surface area contributed by atoms with Gasteiger partial charge in [-0.3, -0.25) is 0 Å². The van der Waals surface area contributed by atoms with Gasteiger partial charge in [-0.1, -0.05) is 36.8 Å². The predicted molar refractivity (Wildman–Crippen MR) is 51.3 cm³/mol. The Morgan fingerprint density at radius 2 is 1.92 bits per heavy atom. The third kappa shape index (κ3) is 2.08. The number of hydrogen-bond donors (Lipinski definition) is 1. The number of aliphatic hydroxyl groups excluding tert-OH is 1. The molecular weight excluding hydrogens is 148 g/mol. The molecule has 0 saturated carbocycles. The Balaban J connectivity index is 2.88. The molecule has 0 aliphatic carbocycles. The number of hydrogen-bond acceptors (Lipinski definition) is 1. The van der Waals surface area contributed by atoms with Crippen molar-refractivity contribution in [3.8, 4) is 0 Å². The van der Waals surface area contributed by atoms with Gasteiger partial charge in [-0.25, -0.2) is 0 Å². The van der Waals surface area contributed by atoms with Crippen molar-refractivity contribution in [2.75, 3.05) is 0 Å². The van der Waals surface area contributed by atoms with Crippen molar-refractivity contribution < 1.29 is 5.11 Å². The van der Waals surface area contributed by atoms with Crippen LogP contribution in [0.4, 0.5) is 0 Å². The maximum atomic E-state index is 9.37. The van der Waals surface area contributed by atoms with Crippen molar-refractivity contribution in [1.29, 1.82) is 0 Å². The molecule has 0 bridgehead atoms. The summed E-state index contributed by atoms with van der Waals surface area (Å²) >= 11 is 0. The summed E-state index contributed by atoms with van der Waals surface area (Å²) in [5.41, 5.74) is 2.46. The van der Waals surface area contributed by atoms with Crippen molar-refractivity contribution in [1.82, 2.24) is 0 Å². The highest BCUT2D eigenvalue weighted by molar-refractivity contribution is 5.25. The summed E-state index contributed by atoms with van der Waals surface area (Å²) in [4.78, 5) is 0. The molecule has 0 unspecified atom stereocenters. The largest absolute Gasteiger partial charge is 0.393 e. The van der Waals surface area contributed by atoms with Crippen molar-refractivity contribution in [3.05, 3.63) is 35.4 Å². The first-order chi connectivity index (χ1) is 5.61. The first-order valence-electron chi connectivity index (χ1n) is 4.36. The zero-order valence-electron chi connectivity index (χ0n) is 7.91. The lowest BCUT2D eigenvalue weighted by Gasteiger charge is -2.15. The molecule has 12 heavy (non-hydrogen) atoms. The molecule has 0 saturated heterocycles. The lowest BCUT2D eigenvalue weighted by atomic mass is 9.95. The molecule has 1 nitrogen and oxygen atoms in total. The van der Waals surface area contributed by atoms with Crippen LogP contribution in [0, 0.1) is 6.92 Å². The zero-order valence-corrected chi connectivity index (χ0v) is 7.91. The van der Waals surface area contributed by atoms with E-state index in [0.29, 0.717) is 0 Å². The zero-order chi connectivity index (χ0) is 9.14. The molecule has 0 heterocycles. The molecule has 0 aliphatic rings. The highest BCUT2D eigenvalue weighted by Crippen LogP contribution is 2.19. The normalized spacial score (nSPS) is 15.7. The fourth-order valence-corrected chi connectivity index (χ4v) is 1.23. The van der Waals surface area contributed by atoms with Gasteiger partial charge in [-0.15, -0.1) is 0 Å². The lowest BCUT2D eigenvalue weighted by molar-refractivity contribution is 0.169. The van der Waals surface area contributed by atoms with Crippen LogP contribution < -0.4 is 0 Å². The number of aryl methyl sites for hydroxylation is 1. The molecular formula is C11H16O. The van der Waals surface area contributed by atoms with E-state index < -0.39 is 0 Å². The Hall–Kier alpha value is -0.820. The van der Waals surface area contributed by atoms with E-state index in [9.17, 15) is 5.11 Å². The summed E-state index contributed by atoms with van der Waals surface area (Å²) in [6.45, 7) is 5.94. The number of aliphatic hydroxyl groups is 1. The average Bonchev–Trinajstić information content (AvgIpc) is 2.03. The van der Waals surface area contributed by atoms with Crippen LogP contribution >= 0.6 is 0 Å². The van der Waals surface area contributed by atoms with Gasteiger partial charge in [0.1, 0.15) is 0 Å². The predicted octanol–water partition coefficient (Wildman–Crippen LogP) is 2.48. The minimum atomic E-state index is -0.271. The van der Waals surface area contributed by atoms with Crippen LogP contribution in [0.3, 0.4) is 0 Å². The number of benzene rings is 1. The van der Waals surface area contributed by atoms with E-state index >= 15 is 0 Å². The van der Waals surface area contributed by atoms with Crippen LogP contribution in [-0.4, -0.2) is 11.2 Å². The summed E-state index contributed by atoms with van der Waals surface area (Å²) in [5, 5.41) is 9.37. The van der Waals surface area contributed by atoms with Gasteiger partial charge in [0.15, 0.2) is 0 Å². The van der Waals surface area contributed by atoms with E-state index in [4.69, 9.17) is 0 Å². The Kier molecular flexibility index (Phi) is 2.88. The van der Waals surface area contributed by atoms with Crippen LogP contribution in [0.15, 0.2) is 24.3 Å². The summed E-state index contributed by atoms with van der Waals surface area (Å²) in [6, 6.07) is 8.28. The molecule has 2 atom stereocenters. The van der Waals surface area contributed by atoms with Crippen molar-refractivity contribution >= 4 is 0 Å². The van der Waals surface area contributed by atoms with Gasteiger partial charge >= 0.3 is 0 Å². The fraction of sp³-hybridized carbons (Fsp3) is 0.455. The molecule has 0 radical (unpaired) electrons. The summed E-state index contributed by atoms with van der Waals surface area (Å²) in [5.74, 6) is 0.227. The molecule has 1 aromatic rings. The van der Waals surface area contributed by atoms with E-state index in [2.05, 4.69) is 25.1 Å². The number of rotatable bonds is 2. The lowest BCUT2D eigenvalue weighted by Crippen LogP contribution is -2.10. The van der Waals surface area contributed by atoms with Crippen LogP contribution in [0.5, 0.6) is 0 Å². The van der Waals surface area contributed by atoms with Crippen molar-refractivity contribution in [2.24, 2.45) is 0 Å². The van der Waals surface area contributed by atoms with Gasteiger partial charge in [0.05, 0.1) is 6.10 Å². The van der Waals surface area contributed by atoms with Gasteiger partial charge in [0, 0.05) is 5.92 Å². The van der Waals surface area contributed by atoms with Crippen LogP contribution in [0.2, 0.25) is 0 Å². The van der Waals surface area contributed by atoms with Gasteiger partial charge in [-0.05, 0) is 19.4 Å². The topological polar surface area (TPSA) is 20.2 Å². The van der Waals surface area contributed by atoms with Gasteiger partial charge < -0.3 is 5.11 Å². The highest BCUT2D eigenvalue weighted by atomic mass is 16.3. The van der Waals surface area contributed by atoms with E-state index in [-0.39, 0.29) is 12.0 Å². The summed E-state index contributed by atoms with van der Waals surface area (Å²) in [6.07, 6.45) is -0.271. The SMILES string of the molecule is Cc1cccc([C@H](C)[C@@H](C)O)c1. The van der Waals surface area contributed by atoms with Crippen molar-refractivity contribution in [2.45, 2.75) is 32.8 Å². The Morgan fingerprint density at radius 1 is 1.25 bits per heavy atom. The molecule has 1 N–H and O–H groups in total. The maximum Gasteiger partial charge on any atom is 0.0577 e. The molecule has 0 amide bonds. The molecule has 0 fully saturated rings. The van der Waals surface area contributed by atoms with Crippen molar-refractivity contribution in [3.63, 3.8) is 0 Å². The first-order valence-corrected chi connectivity index (χ1v) is 4.36. The molecule has 0 aromatic heterocycles. The third-order valence-electron chi connectivity index (χ3n) is 2.29. The van der Waals surface area contributed by atoms with E-state index in [1.54, 1.807) is 0 Å². The molecule has 1 rings (SSSR count). The van der Waals surface area contributed by atoms with Crippen LogP contribution in [0.1, 0.15) is 30.9 Å². The Bertz CT molecular complexity index is 253. The minimum absolute atomic E-state index is 0.227. The van der Waals surface area contributed by atoms with Gasteiger partial charge in [0.25, 0.3) is 0 Å². The Labute approximate surface area is 74.1 Å². The smallest absolute Gasteiger partial charge is 0.0577 e. The van der Waals surface area contributed by atoms with Gasteiger partial charge in [-0.2, -0.15) is 0 Å². The van der Waals surface area contributed by atoms with Crippen LogP contribution in [0.25, 0.3) is 0 Å². The monoisotopic (exact) mass is 164 g/mol. The summed E-state index contributed by atoms with van der Waals surface area (Å²) < 4.78 is 0. The van der Waals surface area contributed by atoms with E-state index in [1.165, 1.54) is 11.1 Å². The minimum Gasteiger partial charge on any atom is -0.393 e. The van der Waals surface area contributed by atoms with Crippen LogP contribution in [-0.2, 0) is 0 Å². The molecule has 1 heteroatoms. The molecule has 1 aromatic carbocycles.